The van der Waals surface area contributed by atoms with Gasteiger partial charge >= 0.3 is 0 Å². The average Bonchev–Trinajstić information content (AvgIpc) is 2.40. The second-order valence-corrected chi connectivity index (χ2v) is 2.11. The van der Waals surface area contributed by atoms with Crippen LogP contribution in [-0.4, -0.2) is 18.3 Å². The van der Waals surface area contributed by atoms with Gasteiger partial charge in [0, 0.05) is 13.3 Å². The normalized spacial score (nSPS) is 13.0. The van der Waals surface area contributed by atoms with Crippen LogP contribution in [0, 0.1) is 0 Å². The van der Waals surface area contributed by atoms with Crippen molar-refractivity contribution >= 4 is 5.82 Å². The lowest BCUT2D eigenvalue weighted by atomic mass is 10.5. The number of hydrogen-bond acceptors (Lipinski definition) is 2. The van der Waals surface area contributed by atoms with Crippen LogP contribution >= 0.6 is 0 Å². The van der Waals surface area contributed by atoms with E-state index in [2.05, 4.69) is 10.3 Å². The molecule has 10 heavy (non-hydrogen) atoms. The van der Waals surface area contributed by atoms with Crippen molar-refractivity contribution in [2.24, 2.45) is 0 Å². The molecule has 1 rings (SSSR count). The van der Waals surface area contributed by atoms with Crippen molar-refractivity contribution in [2.45, 2.75) is 13.2 Å². The van der Waals surface area contributed by atoms with Gasteiger partial charge in [-0.25, -0.2) is 0 Å². The molecule has 1 aromatic rings. The molecule has 3 nitrogen and oxygen atoms in total. The largest absolute Gasteiger partial charge is 0.362 e. The summed E-state index contributed by atoms with van der Waals surface area (Å²) in [6, 6.07) is 3.89. The fourth-order valence-electron chi connectivity index (χ4n) is 0.698. The quantitative estimate of drug-likeness (QED) is 0.623. The highest BCUT2D eigenvalue weighted by Gasteiger charge is 1.96. The zero-order valence-electron chi connectivity index (χ0n) is 6.22. The van der Waals surface area contributed by atoms with Gasteiger partial charge < -0.3 is 15.0 Å². The van der Waals surface area contributed by atoms with Gasteiger partial charge in [0.25, 0.3) is 0 Å². The Labute approximate surface area is 60.4 Å². The summed E-state index contributed by atoms with van der Waals surface area (Å²) in [5.74, 6) is 0.981. The van der Waals surface area contributed by atoms with Crippen molar-refractivity contribution in [3.8, 4) is 0 Å². The van der Waals surface area contributed by atoms with Crippen LogP contribution in [0.3, 0.4) is 0 Å². The molecule has 0 aromatic carbocycles. The first-order chi connectivity index (χ1) is 4.83. The zero-order chi connectivity index (χ0) is 7.40. The first kappa shape index (κ1) is 7.15. The Morgan fingerprint density at radius 3 is 3.00 bits per heavy atom. The molecule has 0 fully saturated rings. The first-order valence-electron chi connectivity index (χ1n) is 3.25. The Morgan fingerprint density at radius 2 is 2.50 bits per heavy atom. The van der Waals surface area contributed by atoms with Gasteiger partial charge in [0.1, 0.15) is 12.0 Å². The lowest BCUT2D eigenvalue weighted by Gasteiger charge is -2.10. The summed E-state index contributed by atoms with van der Waals surface area (Å²) < 4.78 is 4.99. The van der Waals surface area contributed by atoms with E-state index in [4.69, 9.17) is 4.74 Å². The maximum atomic E-state index is 4.99. The summed E-state index contributed by atoms with van der Waals surface area (Å²) in [4.78, 5) is 3.01. The van der Waals surface area contributed by atoms with Crippen LogP contribution < -0.4 is 5.32 Å². The molecule has 56 valence electrons. The Hall–Kier alpha value is -0.960. The molecule has 1 unspecified atom stereocenters. The van der Waals surface area contributed by atoms with Crippen LogP contribution in [0.25, 0.3) is 0 Å². The summed E-state index contributed by atoms with van der Waals surface area (Å²) in [6.07, 6.45) is 1.92. The maximum absolute atomic E-state index is 4.99. The number of rotatable bonds is 3. The minimum atomic E-state index is 0.0543. The highest BCUT2D eigenvalue weighted by atomic mass is 16.5. The van der Waals surface area contributed by atoms with E-state index in [1.165, 1.54) is 0 Å². The summed E-state index contributed by atoms with van der Waals surface area (Å²) in [6.45, 7) is 1.95. The monoisotopic (exact) mass is 140 g/mol. The molecular formula is C7H12N2O. The number of ether oxygens (including phenoxy) is 1. The predicted octanol–water partition coefficient (Wildman–Crippen LogP) is 1.42. The number of nitrogens with one attached hydrogen (secondary N) is 2. The third-order valence-electron chi connectivity index (χ3n) is 1.31. The van der Waals surface area contributed by atoms with Crippen LogP contribution in [0.4, 0.5) is 5.82 Å². The molecule has 0 saturated carbocycles. The highest BCUT2D eigenvalue weighted by molar-refractivity contribution is 5.34. The number of H-pyrrole nitrogens is 1. The molecule has 2 N–H and O–H groups in total. The SMILES string of the molecule is COC(C)Nc1ccc[nH]1. The number of aromatic amines is 1. The Balaban J connectivity index is 2.40. The third kappa shape index (κ3) is 1.77. The molecule has 0 amide bonds. The van der Waals surface area contributed by atoms with Crippen molar-refractivity contribution in [3.63, 3.8) is 0 Å². The van der Waals surface area contributed by atoms with E-state index in [-0.39, 0.29) is 6.23 Å². The maximum Gasteiger partial charge on any atom is 0.125 e. The van der Waals surface area contributed by atoms with E-state index in [1.54, 1.807) is 7.11 Å². The molecule has 0 spiro atoms. The fraction of sp³-hybridized carbons (Fsp3) is 0.429. The van der Waals surface area contributed by atoms with Crippen LogP contribution in [0.1, 0.15) is 6.92 Å². The topological polar surface area (TPSA) is 37.0 Å². The van der Waals surface area contributed by atoms with Crippen LogP contribution in [0.2, 0.25) is 0 Å². The first-order valence-corrected chi connectivity index (χ1v) is 3.25. The molecule has 0 aliphatic carbocycles. The van der Waals surface area contributed by atoms with Gasteiger partial charge in [0.2, 0.25) is 0 Å². The van der Waals surface area contributed by atoms with Crippen molar-refractivity contribution in [1.82, 2.24) is 4.98 Å². The van der Waals surface area contributed by atoms with Crippen molar-refractivity contribution in [2.75, 3.05) is 12.4 Å². The van der Waals surface area contributed by atoms with Gasteiger partial charge in [0.15, 0.2) is 0 Å². The molecule has 3 heteroatoms. The van der Waals surface area contributed by atoms with E-state index in [9.17, 15) is 0 Å². The Morgan fingerprint density at radius 1 is 1.70 bits per heavy atom. The van der Waals surface area contributed by atoms with Gasteiger partial charge in [-0.15, -0.1) is 0 Å². The van der Waals surface area contributed by atoms with Gasteiger partial charge in [-0.2, -0.15) is 0 Å². The molecule has 0 bridgehead atoms. The number of aromatic nitrogens is 1. The lowest BCUT2D eigenvalue weighted by Crippen LogP contribution is -2.16. The second kappa shape index (κ2) is 3.27. The van der Waals surface area contributed by atoms with Crippen molar-refractivity contribution < 1.29 is 4.74 Å². The minimum absolute atomic E-state index is 0.0543. The van der Waals surface area contributed by atoms with Gasteiger partial charge in [-0.3, -0.25) is 0 Å². The van der Waals surface area contributed by atoms with Gasteiger partial charge in [-0.1, -0.05) is 0 Å². The smallest absolute Gasteiger partial charge is 0.125 e. The highest BCUT2D eigenvalue weighted by Crippen LogP contribution is 2.02. The molecule has 0 radical (unpaired) electrons. The summed E-state index contributed by atoms with van der Waals surface area (Å²) >= 11 is 0. The molecule has 1 atom stereocenters. The van der Waals surface area contributed by atoms with Crippen LogP contribution in [0.15, 0.2) is 18.3 Å². The van der Waals surface area contributed by atoms with Crippen LogP contribution in [0.5, 0.6) is 0 Å². The lowest BCUT2D eigenvalue weighted by molar-refractivity contribution is 0.141. The second-order valence-electron chi connectivity index (χ2n) is 2.11. The molecule has 0 aliphatic heterocycles. The summed E-state index contributed by atoms with van der Waals surface area (Å²) in [5.41, 5.74) is 0. The zero-order valence-corrected chi connectivity index (χ0v) is 6.22. The fourth-order valence-corrected chi connectivity index (χ4v) is 0.698. The van der Waals surface area contributed by atoms with E-state index in [0.717, 1.165) is 5.82 Å². The minimum Gasteiger partial charge on any atom is -0.362 e. The van der Waals surface area contributed by atoms with E-state index >= 15 is 0 Å². The van der Waals surface area contributed by atoms with E-state index < -0.39 is 0 Å². The average molecular weight is 140 g/mol. The molecular weight excluding hydrogens is 128 g/mol. The van der Waals surface area contributed by atoms with E-state index in [0.29, 0.717) is 0 Å². The third-order valence-corrected chi connectivity index (χ3v) is 1.31. The van der Waals surface area contributed by atoms with Gasteiger partial charge in [-0.05, 0) is 19.1 Å². The Kier molecular flexibility index (Phi) is 2.34. The molecule has 1 aromatic heterocycles. The summed E-state index contributed by atoms with van der Waals surface area (Å²) in [5, 5.41) is 3.09. The van der Waals surface area contributed by atoms with Gasteiger partial charge in [0.05, 0.1) is 0 Å². The summed E-state index contributed by atoms with van der Waals surface area (Å²) in [7, 11) is 1.67. The number of methoxy groups -OCH3 is 1. The Bertz CT molecular complexity index is 172. The van der Waals surface area contributed by atoms with Crippen molar-refractivity contribution in [1.29, 1.82) is 0 Å². The van der Waals surface area contributed by atoms with Crippen molar-refractivity contribution in [3.05, 3.63) is 18.3 Å². The molecule has 0 aliphatic rings. The molecule has 1 heterocycles. The number of anilines is 1. The molecule has 0 saturated heterocycles. The van der Waals surface area contributed by atoms with E-state index in [1.807, 2.05) is 25.3 Å². The standard InChI is InChI=1S/C7H12N2O/c1-6(10-2)9-7-4-3-5-8-7/h3-6,8-9H,1-2H3. The van der Waals surface area contributed by atoms with Crippen LogP contribution in [-0.2, 0) is 4.74 Å². The number of hydrogen-bond donors (Lipinski definition) is 2. The predicted molar refractivity (Wildman–Crippen MR) is 40.9 cm³/mol.